The van der Waals surface area contributed by atoms with Crippen molar-refractivity contribution in [2.45, 2.75) is 40.2 Å². The Balaban J connectivity index is 2.16. The second-order valence-corrected chi connectivity index (χ2v) is 4.97. The third-order valence-corrected chi connectivity index (χ3v) is 2.59. The first-order valence-electron chi connectivity index (χ1n) is 6.45. The van der Waals surface area contributed by atoms with Crippen molar-refractivity contribution in [2.24, 2.45) is 5.92 Å². The topological polar surface area (TPSA) is 39.1 Å². The second-order valence-electron chi connectivity index (χ2n) is 4.97. The van der Waals surface area contributed by atoms with Gasteiger partial charge in [-0.2, -0.15) is 0 Å². The van der Waals surface area contributed by atoms with Crippen molar-refractivity contribution in [2.75, 3.05) is 25.1 Å². The molecule has 0 spiro atoms. The van der Waals surface area contributed by atoms with Gasteiger partial charge in [-0.15, -0.1) is 0 Å². The second kappa shape index (κ2) is 7.33. The predicted molar refractivity (Wildman–Crippen MR) is 71.4 cm³/mol. The number of rotatable bonds is 8. The first-order chi connectivity index (χ1) is 8.11. The van der Waals surface area contributed by atoms with Crippen molar-refractivity contribution >= 4 is 5.95 Å². The van der Waals surface area contributed by atoms with E-state index in [0.29, 0.717) is 12.0 Å². The summed E-state index contributed by atoms with van der Waals surface area (Å²) in [5, 5.41) is 3.29. The van der Waals surface area contributed by atoms with Crippen LogP contribution in [0.2, 0.25) is 0 Å². The van der Waals surface area contributed by atoms with E-state index in [1.54, 1.807) is 0 Å². The van der Waals surface area contributed by atoms with Crippen molar-refractivity contribution in [1.29, 1.82) is 0 Å². The molecule has 0 fully saturated rings. The van der Waals surface area contributed by atoms with Crippen LogP contribution in [-0.2, 0) is 4.74 Å². The number of ether oxygens (including phenoxy) is 1. The summed E-state index contributed by atoms with van der Waals surface area (Å²) in [4.78, 5) is 4.28. The summed E-state index contributed by atoms with van der Waals surface area (Å²) in [6, 6.07) is 0.432. The maximum Gasteiger partial charge on any atom is 0.203 e. The van der Waals surface area contributed by atoms with Crippen molar-refractivity contribution < 1.29 is 4.74 Å². The molecule has 0 aliphatic carbocycles. The van der Waals surface area contributed by atoms with Crippen LogP contribution in [0.15, 0.2) is 12.4 Å². The first kappa shape index (κ1) is 14.0. The molecule has 0 amide bonds. The maximum atomic E-state index is 5.54. The van der Waals surface area contributed by atoms with E-state index in [1.165, 1.54) is 0 Å². The van der Waals surface area contributed by atoms with Gasteiger partial charge < -0.3 is 14.6 Å². The zero-order valence-corrected chi connectivity index (χ0v) is 11.4. The Labute approximate surface area is 104 Å². The summed E-state index contributed by atoms with van der Waals surface area (Å²) in [6.07, 6.45) is 4.94. The predicted octanol–water partition coefficient (Wildman–Crippen LogP) is 2.94. The van der Waals surface area contributed by atoms with Crippen LogP contribution in [0.1, 0.15) is 40.2 Å². The molecule has 0 aliphatic heterocycles. The molecule has 0 unspecified atom stereocenters. The monoisotopic (exact) mass is 239 g/mol. The number of anilines is 1. The van der Waals surface area contributed by atoms with Gasteiger partial charge >= 0.3 is 0 Å². The Bertz CT molecular complexity index is 307. The normalized spacial score (nSPS) is 11.4. The average molecular weight is 239 g/mol. The number of nitrogens with one attached hydrogen (secondary N) is 1. The summed E-state index contributed by atoms with van der Waals surface area (Å²) in [7, 11) is 0. The van der Waals surface area contributed by atoms with E-state index in [9.17, 15) is 0 Å². The molecule has 0 atom stereocenters. The molecule has 0 radical (unpaired) electrons. The van der Waals surface area contributed by atoms with Crippen LogP contribution in [0.5, 0.6) is 0 Å². The van der Waals surface area contributed by atoms with Gasteiger partial charge in [0.1, 0.15) is 0 Å². The number of imidazole rings is 1. The van der Waals surface area contributed by atoms with E-state index in [1.807, 2.05) is 12.4 Å². The van der Waals surface area contributed by atoms with Crippen molar-refractivity contribution in [3.63, 3.8) is 0 Å². The molecule has 4 heteroatoms. The highest BCUT2D eigenvalue weighted by molar-refractivity contribution is 5.26. The van der Waals surface area contributed by atoms with Crippen LogP contribution < -0.4 is 5.32 Å². The molecule has 1 aromatic heterocycles. The quantitative estimate of drug-likeness (QED) is 0.709. The Kier molecular flexibility index (Phi) is 6.05. The summed E-state index contributed by atoms with van der Waals surface area (Å²) in [6.45, 7) is 11.1. The van der Waals surface area contributed by atoms with E-state index in [2.05, 4.69) is 42.6 Å². The van der Waals surface area contributed by atoms with E-state index in [-0.39, 0.29) is 0 Å². The van der Waals surface area contributed by atoms with E-state index in [0.717, 1.165) is 32.1 Å². The van der Waals surface area contributed by atoms with Gasteiger partial charge in [0.2, 0.25) is 5.95 Å². The molecule has 0 aromatic carbocycles. The Morgan fingerprint density at radius 1 is 1.29 bits per heavy atom. The fourth-order valence-corrected chi connectivity index (χ4v) is 1.52. The highest BCUT2D eigenvalue weighted by atomic mass is 16.5. The first-order valence-corrected chi connectivity index (χ1v) is 6.45. The van der Waals surface area contributed by atoms with Gasteiger partial charge in [0.25, 0.3) is 0 Å². The molecule has 0 aliphatic rings. The summed E-state index contributed by atoms with van der Waals surface area (Å²) >= 11 is 0. The molecule has 17 heavy (non-hydrogen) atoms. The maximum absolute atomic E-state index is 5.54. The smallest absolute Gasteiger partial charge is 0.203 e. The van der Waals surface area contributed by atoms with E-state index >= 15 is 0 Å². The number of aromatic nitrogens is 2. The van der Waals surface area contributed by atoms with Gasteiger partial charge in [-0.25, -0.2) is 4.98 Å². The molecule has 0 saturated carbocycles. The van der Waals surface area contributed by atoms with Gasteiger partial charge in [0, 0.05) is 31.6 Å². The van der Waals surface area contributed by atoms with Crippen LogP contribution in [-0.4, -0.2) is 29.3 Å². The molecule has 1 N–H and O–H groups in total. The molecule has 98 valence electrons. The van der Waals surface area contributed by atoms with Crippen molar-refractivity contribution in [1.82, 2.24) is 9.55 Å². The minimum Gasteiger partial charge on any atom is -0.380 e. The third-order valence-electron chi connectivity index (χ3n) is 2.59. The number of nitrogens with zero attached hydrogens (tertiary/aromatic N) is 2. The minimum atomic E-state index is 0.432. The Morgan fingerprint density at radius 2 is 2.06 bits per heavy atom. The van der Waals surface area contributed by atoms with Crippen molar-refractivity contribution in [3.05, 3.63) is 12.4 Å². The van der Waals surface area contributed by atoms with Crippen LogP contribution in [0.25, 0.3) is 0 Å². The molecule has 0 bridgehead atoms. The standard InChI is InChI=1S/C13H25N3O/c1-11(2)5-9-17-10-7-15-13-14-6-8-16(13)12(3)4/h6,8,11-12H,5,7,9-10H2,1-4H3,(H,14,15). The third kappa shape index (κ3) is 5.22. The fraction of sp³-hybridized carbons (Fsp3) is 0.769. The van der Waals surface area contributed by atoms with Crippen LogP contribution in [0.4, 0.5) is 5.95 Å². The lowest BCUT2D eigenvalue weighted by atomic mass is 10.1. The zero-order valence-electron chi connectivity index (χ0n) is 11.4. The molecular formula is C13H25N3O. The lowest BCUT2D eigenvalue weighted by molar-refractivity contribution is 0.132. The van der Waals surface area contributed by atoms with Gasteiger partial charge in [-0.05, 0) is 26.2 Å². The van der Waals surface area contributed by atoms with Crippen molar-refractivity contribution in [3.8, 4) is 0 Å². The van der Waals surface area contributed by atoms with Crippen LogP contribution in [0, 0.1) is 5.92 Å². The molecule has 0 saturated heterocycles. The SMILES string of the molecule is CC(C)CCOCCNc1nccn1C(C)C. The number of hydrogen-bond acceptors (Lipinski definition) is 3. The Morgan fingerprint density at radius 3 is 2.71 bits per heavy atom. The molecule has 1 aromatic rings. The lowest BCUT2D eigenvalue weighted by Crippen LogP contribution is -2.14. The van der Waals surface area contributed by atoms with Crippen LogP contribution in [0.3, 0.4) is 0 Å². The fourth-order valence-electron chi connectivity index (χ4n) is 1.52. The van der Waals surface area contributed by atoms with Gasteiger partial charge in [0.15, 0.2) is 0 Å². The Hall–Kier alpha value is -1.03. The van der Waals surface area contributed by atoms with E-state index < -0.39 is 0 Å². The molecule has 1 heterocycles. The van der Waals surface area contributed by atoms with Gasteiger partial charge in [-0.3, -0.25) is 0 Å². The van der Waals surface area contributed by atoms with Gasteiger partial charge in [-0.1, -0.05) is 13.8 Å². The van der Waals surface area contributed by atoms with E-state index in [4.69, 9.17) is 4.74 Å². The lowest BCUT2D eigenvalue weighted by Gasteiger charge is -2.13. The van der Waals surface area contributed by atoms with Gasteiger partial charge in [0.05, 0.1) is 6.61 Å². The summed E-state index contributed by atoms with van der Waals surface area (Å²) < 4.78 is 7.66. The highest BCUT2D eigenvalue weighted by Crippen LogP contribution is 2.11. The average Bonchev–Trinajstić information content (AvgIpc) is 2.71. The largest absolute Gasteiger partial charge is 0.380 e. The summed E-state index contributed by atoms with van der Waals surface area (Å²) in [5.41, 5.74) is 0. The minimum absolute atomic E-state index is 0.432. The molecule has 1 rings (SSSR count). The van der Waals surface area contributed by atoms with Crippen LogP contribution >= 0.6 is 0 Å². The number of hydrogen-bond donors (Lipinski definition) is 1. The molecular weight excluding hydrogens is 214 g/mol. The zero-order chi connectivity index (χ0) is 12.7. The highest BCUT2D eigenvalue weighted by Gasteiger charge is 2.04. The molecule has 4 nitrogen and oxygen atoms in total. The summed E-state index contributed by atoms with van der Waals surface area (Å²) in [5.74, 6) is 1.63.